The van der Waals surface area contributed by atoms with E-state index in [1.54, 1.807) is 7.05 Å². The van der Waals surface area contributed by atoms with Gasteiger partial charge in [-0.05, 0) is 31.2 Å². The van der Waals surface area contributed by atoms with Crippen LogP contribution in [0.1, 0.15) is 16.8 Å². The molecule has 0 spiro atoms. The molecule has 0 radical (unpaired) electrons. The Morgan fingerprint density at radius 2 is 2.14 bits per heavy atom. The lowest BCUT2D eigenvalue weighted by molar-refractivity contribution is 0.0697. The molecule has 3 rings (SSSR count). The SMILES string of the molecule is Cn1c(N2CCCNCC2)nc2cc(C(=O)O)ccc2c1=O. The number of anilines is 1. The van der Waals surface area contributed by atoms with Gasteiger partial charge in [-0.2, -0.15) is 0 Å². The number of aromatic nitrogens is 2. The summed E-state index contributed by atoms with van der Waals surface area (Å²) in [5, 5.41) is 12.8. The maximum absolute atomic E-state index is 12.5. The van der Waals surface area contributed by atoms with E-state index >= 15 is 0 Å². The monoisotopic (exact) mass is 302 g/mol. The lowest BCUT2D eigenvalue weighted by Crippen LogP contribution is -2.34. The molecule has 7 nitrogen and oxygen atoms in total. The highest BCUT2D eigenvalue weighted by Crippen LogP contribution is 2.16. The molecule has 2 aromatic rings. The first kappa shape index (κ1) is 14.5. The molecule has 22 heavy (non-hydrogen) atoms. The normalized spacial score (nSPS) is 15.8. The van der Waals surface area contributed by atoms with Gasteiger partial charge < -0.3 is 15.3 Å². The number of carboxylic acid groups (broad SMARTS) is 1. The van der Waals surface area contributed by atoms with Crippen molar-refractivity contribution in [1.82, 2.24) is 14.9 Å². The largest absolute Gasteiger partial charge is 0.478 e. The topological polar surface area (TPSA) is 87.5 Å². The van der Waals surface area contributed by atoms with Gasteiger partial charge in [0.15, 0.2) is 0 Å². The minimum atomic E-state index is -1.02. The molecule has 0 saturated carbocycles. The van der Waals surface area contributed by atoms with Gasteiger partial charge in [0.05, 0.1) is 16.5 Å². The highest BCUT2D eigenvalue weighted by molar-refractivity contribution is 5.93. The maximum atomic E-state index is 12.5. The zero-order valence-electron chi connectivity index (χ0n) is 12.4. The molecule has 1 aliphatic heterocycles. The van der Waals surface area contributed by atoms with Crippen LogP contribution in [0.4, 0.5) is 5.95 Å². The number of aromatic carboxylic acids is 1. The van der Waals surface area contributed by atoms with Crippen LogP contribution >= 0.6 is 0 Å². The van der Waals surface area contributed by atoms with E-state index in [0.29, 0.717) is 16.9 Å². The fourth-order valence-electron chi connectivity index (χ4n) is 2.72. The van der Waals surface area contributed by atoms with Crippen LogP contribution < -0.4 is 15.8 Å². The van der Waals surface area contributed by atoms with Crippen molar-refractivity contribution in [3.63, 3.8) is 0 Å². The molecular formula is C15H18N4O3. The standard InChI is InChI=1S/C15H18N4O3/c1-18-13(20)11-4-3-10(14(21)22)9-12(11)17-15(18)19-7-2-5-16-6-8-19/h3-4,9,16H,2,5-8H2,1H3,(H,21,22). The average molecular weight is 302 g/mol. The van der Waals surface area contributed by atoms with Crippen molar-refractivity contribution in [2.24, 2.45) is 7.05 Å². The van der Waals surface area contributed by atoms with Crippen molar-refractivity contribution in [2.45, 2.75) is 6.42 Å². The third-order valence-electron chi connectivity index (χ3n) is 3.92. The molecule has 1 fully saturated rings. The summed E-state index contributed by atoms with van der Waals surface area (Å²) in [7, 11) is 1.70. The van der Waals surface area contributed by atoms with E-state index in [4.69, 9.17) is 5.11 Å². The molecule has 116 valence electrons. The summed E-state index contributed by atoms with van der Waals surface area (Å²) < 4.78 is 1.54. The van der Waals surface area contributed by atoms with Crippen LogP contribution in [0.5, 0.6) is 0 Å². The summed E-state index contributed by atoms with van der Waals surface area (Å²) in [5.41, 5.74) is 0.404. The Morgan fingerprint density at radius 1 is 1.32 bits per heavy atom. The highest BCUT2D eigenvalue weighted by Gasteiger charge is 2.17. The van der Waals surface area contributed by atoms with Gasteiger partial charge in [0.2, 0.25) is 5.95 Å². The van der Waals surface area contributed by atoms with Crippen molar-refractivity contribution in [2.75, 3.05) is 31.1 Å². The molecule has 0 amide bonds. The Labute approximate surface area is 127 Å². The number of nitrogens with one attached hydrogen (secondary N) is 1. The first-order valence-electron chi connectivity index (χ1n) is 7.27. The average Bonchev–Trinajstić information content (AvgIpc) is 2.79. The van der Waals surface area contributed by atoms with E-state index in [9.17, 15) is 9.59 Å². The number of rotatable bonds is 2. The summed E-state index contributed by atoms with van der Waals surface area (Å²) in [5.74, 6) is -0.436. The molecule has 2 N–H and O–H groups in total. The van der Waals surface area contributed by atoms with Gasteiger partial charge in [0, 0.05) is 26.7 Å². The second-order valence-corrected chi connectivity index (χ2v) is 5.40. The van der Waals surface area contributed by atoms with Crippen molar-refractivity contribution in [1.29, 1.82) is 0 Å². The van der Waals surface area contributed by atoms with E-state index in [-0.39, 0.29) is 11.1 Å². The summed E-state index contributed by atoms with van der Waals surface area (Å²) in [6.07, 6.45) is 0.975. The number of nitrogens with zero attached hydrogens (tertiary/aromatic N) is 3. The van der Waals surface area contributed by atoms with Crippen LogP contribution in [0.25, 0.3) is 10.9 Å². The van der Waals surface area contributed by atoms with E-state index < -0.39 is 5.97 Å². The summed E-state index contributed by atoms with van der Waals surface area (Å²) in [6.45, 7) is 3.37. The van der Waals surface area contributed by atoms with Gasteiger partial charge in [0.25, 0.3) is 5.56 Å². The Hall–Kier alpha value is -2.41. The molecule has 2 heterocycles. The third kappa shape index (κ3) is 2.55. The predicted octanol–water partition coefficient (Wildman–Crippen LogP) is 0.431. The number of fused-ring (bicyclic) bond motifs is 1. The van der Waals surface area contributed by atoms with Gasteiger partial charge in [-0.3, -0.25) is 9.36 Å². The fourth-order valence-corrected chi connectivity index (χ4v) is 2.72. The molecule has 0 unspecified atom stereocenters. The summed E-state index contributed by atoms with van der Waals surface area (Å²) >= 11 is 0. The summed E-state index contributed by atoms with van der Waals surface area (Å²) in [6, 6.07) is 4.42. The molecule has 1 aromatic carbocycles. The Bertz CT molecular complexity index is 776. The van der Waals surface area contributed by atoms with E-state index in [1.165, 1.54) is 22.8 Å². The first-order valence-corrected chi connectivity index (χ1v) is 7.27. The maximum Gasteiger partial charge on any atom is 0.335 e. The molecule has 7 heteroatoms. The quantitative estimate of drug-likeness (QED) is 0.836. The van der Waals surface area contributed by atoms with Crippen molar-refractivity contribution in [3.8, 4) is 0 Å². The smallest absolute Gasteiger partial charge is 0.335 e. The van der Waals surface area contributed by atoms with Crippen LogP contribution in [0.15, 0.2) is 23.0 Å². The van der Waals surface area contributed by atoms with Crippen LogP contribution in [0.3, 0.4) is 0 Å². The van der Waals surface area contributed by atoms with Crippen molar-refractivity contribution < 1.29 is 9.90 Å². The van der Waals surface area contributed by atoms with Gasteiger partial charge in [-0.25, -0.2) is 9.78 Å². The van der Waals surface area contributed by atoms with Gasteiger partial charge in [0.1, 0.15) is 0 Å². The Morgan fingerprint density at radius 3 is 2.91 bits per heavy atom. The number of hydrogen-bond acceptors (Lipinski definition) is 5. The lowest BCUT2D eigenvalue weighted by atomic mass is 10.1. The Kier molecular flexibility index (Phi) is 3.81. The van der Waals surface area contributed by atoms with Crippen molar-refractivity contribution in [3.05, 3.63) is 34.1 Å². The third-order valence-corrected chi connectivity index (χ3v) is 3.92. The minimum absolute atomic E-state index is 0.136. The molecule has 0 bridgehead atoms. The van der Waals surface area contributed by atoms with E-state index in [2.05, 4.69) is 15.2 Å². The molecule has 1 saturated heterocycles. The molecule has 0 aliphatic carbocycles. The number of carboxylic acids is 1. The Balaban J connectivity index is 2.15. The van der Waals surface area contributed by atoms with Crippen LogP contribution in [0, 0.1) is 0 Å². The lowest BCUT2D eigenvalue weighted by Gasteiger charge is -2.23. The molecule has 1 aliphatic rings. The van der Waals surface area contributed by atoms with Crippen LogP contribution in [0.2, 0.25) is 0 Å². The van der Waals surface area contributed by atoms with E-state index in [0.717, 1.165) is 32.6 Å². The van der Waals surface area contributed by atoms with Gasteiger partial charge in [-0.15, -0.1) is 0 Å². The zero-order valence-corrected chi connectivity index (χ0v) is 12.4. The van der Waals surface area contributed by atoms with Crippen LogP contribution in [-0.4, -0.2) is 46.8 Å². The zero-order chi connectivity index (χ0) is 15.7. The van der Waals surface area contributed by atoms with Gasteiger partial charge >= 0.3 is 5.97 Å². The number of hydrogen-bond donors (Lipinski definition) is 2. The fraction of sp³-hybridized carbons (Fsp3) is 0.400. The van der Waals surface area contributed by atoms with Crippen molar-refractivity contribution >= 4 is 22.8 Å². The van der Waals surface area contributed by atoms with Crippen LogP contribution in [-0.2, 0) is 7.05 Å². The molecule has 0 atom stereocenters. The molecular weight excluding hydrogens is 284 g/mol. The second kappa shape index (κ2) is 5.76. The summed E-state index contributed by atoms with van der Waals surface area (Å²) in [4.78, 5) is 30.2. The molecule has 1 aromatic heterocycles. The van der Waals surface area contributed by atoms with E-state index in [1.807, 2.05) is 0 Å². The minimum Gasteiger partial charge on any atom is -0.478 e. The predicted molar refractivity (Wildman–Crippen MR) is 83.6 cm³/mol. The number of carbonyl (C=O) groups is 1. The second-order valence-electron chi connectivity index (χ2n) is 5.40. The number of benzene rings is 1. The first-order chi connectivity index (χ1) is 10.6. The van der Waals surface area contributed by atoms with Gasteiger partial charge in [-0.1, -0.05) is 0 Å². The highest BCUT2D eigenvalue weighted by atomic mass is 16.4.